The lowest BCUT2D eigenvalue weighted by Crippen LogP contribution is -2.01. The summed E-state index contributed by atoms with van der Waals surface area (Å²) < 4.78 is 0.918. The van der Waals surface area contributed by atoms with Crippen LogP contribution in [-0.4, -0.2) is 5.78 Å². The van der Waals surface area contributed by atoms with Crippen LogP contribution in [-0.2, 0) is 11.2 Å². The fraction of sp³-hybridized carbons (Fsp3) is 0.200. The van der Waals surface area contributed by atoms with E-state index in [4.69, 9.17) is 5.26 Å². The number of carbonyl (C=O) groups is 1. The molecule has 2 nitrogen and oxygen atoms in total. The van der Waals surface area contributed by atoms with Crippen molar-refractivity contribution in [1.82, 2.24) is 0 Å². The number of Topliss-reactive ketones (excluding diaryl/α,β-unsaturated/α-hetero) is 1. The molecule has 0 N–H and O–H groups in total. The lowest BCUT2D eigenvalue weighted by molar-refractivity contribution is -0.117. The fourth-order valence-electron chi connectivity index (χ4n) is 1.00. The molecule has 0 amide bonds. The van der Waals surface area contributed by atoms with E-state index in [9.17, 15) is 4.79 Å². The zero-order valence-electron chi connectivity index (χ0n) is 6.96. The highest BCUT2D eigenvalue weighted by Crippen LogP contribution is 2.16. The minimum absolute atomic E-state index is 0.0126. The van der Waals surface area contributed by atoms with E-state index < -0.39 is 0 Å². The SMILES string of the molecule is N#CCC(=O)Cc1ccccc1Br. The van der Waals surface area contributed by atoms with Gasteiger partial charge in [0.15, 0.2) is 5.78 Å². The first-order valence-electron chi connectivity index (χ1n) is 3.86. The summed E-state index contributed by atoms with van der Waals surface area (Å²) >= 11 is 3.34. The van der Waals surface area contributed by atoms with Crippen molar-refractivity contribution in [2.45, 2.75) is 12.8 Å². The molecule has 0 atom stereocenters. The smallest absolute Gasteiger partial charge is 0.151 e. The molecule has 0 bridgehead atoms. The lowest BCUT2D eigenvalue weighted by atomic mass is 10.1. The molecule has 0 saturated heterocycles. The Morgan fingerprint density at radius 3 is 2.77 bits per heavy atom. The maximum absolute atomic E-state index is 11.1. The molecule has 3 heteroatoms. The number of nitriles is 1. The number of rotatable bonds is 3. The van der Waals surface area contributed by atoms with Crippen LogP contribution in [0, 0.1) is 11.3 Å². The first-order valence-corrected chi connectivity index (χ1v) is 4.65. The molecule has 0 heterocycles. The molecule has 0 fully saturated rings. The molecule has 66 valence electrons. The summed E-state index contributed by atoms with van der Waals surface area (Å²) in [7, 11) is 0. The highest BCUT2D eigenvalue weighted by molar-refractivity contribution is 9.10. The molecule has 1 aromatic carbocycles. The van der Waals surface area contributed by atoms with Gasteiger partial charge in [0.25, 0.3) is 0 Å². The van der Waals surface area contributed by atoms with E-state index in [0.717, 1.165) is 10.0 Å². The third kappa shape index (κ3) is 3.00. The zero-order valence-corrected chi connectivity index (χ0v) is 8.54. The van der Waals surface area contributed by atoms with Crippen LogP contribution in [0.1, 0.15) is 12.0 Å². The van der Waals surface area contributed by atoms with Gasteiger partial charge in [0.2, 0.25) is 0 Å². The predicted octanol–water partition coefficient (Wildman–Crippen LogP) is 2.47. The number of ketones is 1. The number of halogens is 1. The van der Waals surface area contributed by atoms with Gasteiger partial charge >= 0.3 is 0 Å². The van der Waals surface area contributed by atoms with Gasteiger partial charge in [-0.2, -0.15) is 5.26 Å². The number of nitrogens with zero attached hydrogens (tertiary/aromatic N) is 1. The summed E-state index contributed by atoms with van der Waals surface area (Å²) in [4.78, 5) is 11.1. The molecule has 1 rings (SSSR count). The van der Waals surface area contributed by atoms with Crippen LogP contribution < -0.4 is 0 Å². The quantitative estimate of drug-likeness (QED) is 0.811. The monoisotopic (exact) mass is 237 g/mol. The van der Waals surface area contributed by atoms with Crippen molar-refractivity contribution in [3.8, 4) is 6.07 Å². The van der Waals surface area contributed by atoms with Crippen molar-refractivity contribution in [3.05, 3.63) is 34.3 Å². The van der Waals surface area contributed by atoms with Crippen molar-refractivity contribution in [1.29, 1.82) is 5.26 Å². The second-order valence-corrected chi connectivity index (χ2v) is 3.50. The molecule has 0 radical (unpaired) electrons. The van der Waals surface area contributed by atoms with Gasteiger partial charge in [-0.15, -0.1) is 0 Å². The average Bonchev–Trinajstić information content (AvgIpc) is 2.09. The molecule has 0 unspecified atom stereocenters. The normalized spacial score (nSPS) is 9.23. The van der Waals surface area contributed by atoms with Crippen molar-refractivity contribution < 1.29 is 4.79 Å². The van der Waals surface area contributed by atoms with Crippen molar-refractivity contribution in [3.63, 3.8) is 0 Å². The van der Waals surface area contributed by atoms with Gasteiger partial charge in [-0.1, -0.05) is 34.1 Å². The molecule has 0 spiro atoms. The lowest BCUT2D eigenvalue weighted by Gasteiger charge is -2.00. The maximum Gasteiger partial charge on any atom is 0.151 e. The standard InChI is InChI=1S/C10H8BrNO/c11-10-4-2-1-3-8(10)7-9(13)5-6-12/h1-4H,5,7H2. The van der Waals surface area contributed by atoms with Crippen LogP contribution in [0.15, 0.2) is 28.7 Å². The minimum atomic E-state index is -0.0469. The fourth-order valence-corrected chi connectivity index (χ4v) is 1.43. The van der Waals surface area contributed by atoms with Gasteiger partial charge in [-0.3, -0.25) is 4.79 Å². The third-order valence-corrected chi connectivity index (χ3v) is 2.40. The molecule has 0 aromatic heterocycles. The Morgan fingerprint density at radius 2 is 2.15 bits per heavy atom. The topological polar surface area (TPSA) is 40.9 Å². The largest absolute Gasteiger partial charge is 0.298 e. The Kier molecular flexibility index (Phi) is 3.66. The van der Waals surface area contributed by atoms with Gasteiger partial charge in [0.05, 0.1) is 12.5 Å². The van der Waals surface area contributed by atoms with E-state index in [1.165, 1.54) is 0 Å². The Labute approximate surface area is 85.3 Å². The van der Waals surface area contributed by atoms with E-state index in [-0.39, 0.29) is 12.2 Å². The highest BCUT2D eigenvalue weighted by Gasteiger charge is 2.04. The van der Waals surface area contributed by atoms with Crippen molar-refractivity contribution in [2.75, 3.05) is 0 Å². The number of carbonyl (C=O) groups excluding carboxylic acids is 1. The first kappa shape index (κ1) is 9.94. The first-order chi connectivity index (χ1) is 6.24. The molecule has 0 aliphatic carbocycles. The van der Waals surface area contributed by atoms with E-state index in [1.807, 2.05) is 30.3 Å². The molecular formula is C10H8BrNO. The number of hydrogen-bond acceptors (Lipinski definition) is 2. The summed E-state index contributed by atoms with van der Waals surface area (Å²) in [6.45, 7) is 0. The van der Waals surface area contributed by atoms with Crippen LogP contribution in [0.25, 0.3) is 0 Å². The number of hydrogen-bond donors (Lipinski definition) is 0. The van der Waals surface area contributed by atoms with Crippen LogP contribution in [0.2, 0.25) is 0 Å². The van der Waals surface area contributed by atoms with Crippen LogP contribution in [0.4, 0.5) is 0 Å². The summed E-state index contributed by atoms with van der Waals surface area (Å²) in [6.07, 6.45) is 0.316. The Hall–Kier alpha value is -1.14. The van der Waals surface area contributed by atoms with Gasteiger partial charge in [0, 0.05) is 10.9 Å². The second-order valence-electron chi connectivity index (χ2n) is 2.64. The summed E-state index contributed by atoms with van der Waals surface area (Å²) in [5.74, 6) is -0.0469. The molecule has 0 saturated carbocycles. The molecular weight excluding hydrogens is 230 g/mol. The van der Waals surface area contributed by atoms with Gasteiger partial charge in [-0.25, -0.2) is 0 Å². The van der Waals surface area contributed by atoms with E-state index in [0.29, 0.717) is 6.42 Å². The Bertz CT molecular complexity index is 354. The van der Waals surface area contributed by atoms with E-state index in [2.05, 4.69) is 15.9 Å². The summed E-state index contributed by atoms with van der Waals surface area (Å²) in [5, 5.41) is 8.30. The van der Waals surface area contributed by atoms with E-state index in [1.54, 1.807) is 0 Å². The van der Waals surface area contributed by atoms with Crippen LogP contribution in [0.5, 0.6) is 0 Å². The van der Waals surface area contributed by atoms with Crippen LogP contribution in [0.3, 0.4) is 0 Å². The summed E-state index contributed by atoms with van der Waals surface area (Å²) in [5.41, 5.74) is 0.933. The highest BCUT2D eigenvalue weighted by atomic mass is 79.9. The molecule has 0 aliphatic heterocycles. The van der Waals surface area contributed by atoms with E-state index >= 15 is 0 Å². The molecule has 0 aliphatic rings. The Balaban J connectivity index is 2.70. The van der Waals surface area contributed by atoms with Gasteiger partial charge in [-0.05, 0) is 11.6 Å². The maximum atomic E-state index is 11.1. The molecule has 13 heavy (non-hydrogen) atoms. The predicted molar refractivity (Wildman–Crippen MR) is 53.1 cm³/mol. The van der Waals surface area contributed by atoms with Crippen LogP contribution >= 0.6 is 15.9 Å². The third-order valence-electron chi connectivity index (χ3n) is 1.62. The average molecular weight is 238 g/mol. The Morgan fingerprint density at radius 1 is 1.46 bits per heavy atom. The molecule has 1 aromatic rings. The minimum Gasteiger partial charge on any atom is -0.298 e. The van der Waals surface area contributed by atoms with Crippen molar-refractivity contribution in [2.24, 2.45) is 0 Å². The summed E-state index contributed by atoms with van der Waals surface area (Å²) in [6, 6.07) is 9.37. The number of benzene rings is 1. The second kappa shape index (κ2) is 4.78. The van der Waals surface area contributed by atoms with Gasteiger partial charge in [0.1, 0.15) is 0 Å². The van der Waals surface area contributed by atoms with Crippen molar-refractivity contribution >= 4 is 21.7 Å². The van der Waals surface area contributed by atoms with Gasteiger partial charge < -0.3 is 0 Å². The zero-order chi connectivity index (χ0) is 9.68.